The number of aryl methyl sites for hydroxylation is 1. The van der Waals surface area contributed by atoms with Crippen molar-refractivity contribution in [2.45, 2.75) is 44.4 Å². The van der Waals surface area contributed by atoms with Crippen LogP contribution in [0, 0.1) is 0 Å². The molecule has 0 aliphatic heterocycles. The lowest BCUT2D eigenvalue weighted by Crippen LogP contribution is -2.30. The number of carboxylic acids is 1. The number of benzene rings is 2. The minimum absolute atomic E-state index is 0.110. The second-order valence-electron chi connectivity index (χ2n) is 8.78. The summed E-state index contributed by atoms with van der Waals surface area (Å²) in [5.74, 6) is -0.754. The van der Waals surface area contributed by atoms with E-state index in [4.69, 9.17) is 16.7 Å². The summed E-state index contributed by atoms with van der Waals surface area (Å²) in [7, 11) is 1.69. The number of carboxylic acid groups (broad SMARTS) is 1. The zero-order valence-electron chi connectivity index (χ0n) is 19.0. The Hall–Kier alpha value is -3.26. The van der Waals surface area contributed by atoms with E-state index in [1.165, 1.54) is 18.2 Å². The number of rotatable bonds is 8. The molecule has 1 N–H and O–H groups in total. The molecule has 2 aromatic carbocycles. The van der Waals surface area contributed by atoms with Gasteiger partial charge in [0, 0.05) is 25.0 Å². The van der Waals surface area contributed by atoms with Crippen LogP contribution in [0.3, 0.4) is 0 Å². The minimum Gasteiger partial charge on any atom is -0.478 e. The van der Waals surface area contributed by atoms with Crippen molar-refractivity contribution in [3.8, 4) is 0 Å². The fraction of sp³-hybridized carbons (Fsp3) is 0.308. The van der Waals surface area contributed by atoms with E-state index in [1.807, 2.05) is 0 Å². The second kappa shape index (κ2) is 9.77. The molecule has 1 aliphatic rings. The second-order valence-corrected chi connectivity index (χ2v) is 9.19. The summed E-state index contributed by atoms with van der Waals surface area (Å²) in [5, 5.41) is 9.20. The molecule has 0 saturated heterocycles. The summed E-state index contributed by atoms with van der Waals surface area (Å²) in [6.07, 6.45) is -2.06. The molecule has 0 amide bonds. The van der Waals surface area contributed by atoms with E-state index in [0.717, 1.165) is 41.8 Å². The predicted octanol–water partition coefficient (Wildman–Crippen LogP) is 5.98. The molecule has 0 atom stereocenters. The maximum Gasteiger partial charge on any atom is 0.416 e. The molecule has 184 valence electrons. The Kier molecular flexibility index (Phi) is 6.94. The molecule has 35 heavy (non-hydrogen) atoms. The molecule has 1 aliphatic carbocycles. The largest absolute Gasteiger partial charge is 0.478 e. The Morgan fingerprint density at radius 3 is 2.43 bits per heavy atom. The molecule has 0 spiro atoms. The van der Waals surface area contributed by atoms with Gasteiger partial charge >= 0.3 is 12.1 Å². The standard InChI is InChI=1S/C26H24ClF3N2O3/c1-31(20-4-2-3-19(13-20)26(28,29)30)15-23-21(17-9-10-17)14-22(27)24(33)32(23)12-11-16-5-7-18(8-6-16)25(34)35/h2-8,13-14,17H,9-12,15H2,1H3,(H,34,35). The maximum atomic E-state index is 13.2. The molecule has 1 saturated carbocycles. The minimum atomic E-state index is -4.45. The van der Waals surface area contributed by atoms with Gasteiger partial charge in [0.2, 0.25) is 0 Å². The fourth-order valence-electron chi connectivity index (χ4n) is 4.14. The number of anilines is 1. The maximum absolute atomic E-state index is 13.2. The highest BCUT2D eigenvalue weighted by Gasteiger charge is 2.32. The first kappa shape index (κ1) is 24.9. The Balaban J connectivity index is 1.66. The van der Waals surface area contributed by atoms with E-state index in [-0.39, 0.29) is 28.6 Å². The zero-order valence-corrected chi connectivity index (χ0v) is 19.7. The summed E-state index contributed by atoms with van der Waals surface area (Å²) in [6.45, 7) is 0.537. The molecule has 5 nitrogen and oxygen atoms in total. The van der Waals surface area contributed by atoms with Crippen molar-refractivity contribution < 1.29 is 23.1 Å². The van der Waals surface area contributed by atoms with E-state index >= 15 is 0 Å². The van der Waals surface area contributed by atoms with Crippen LogP contribution in [-0.4, -0.2) is 22.7 Å². The highest BCUT2D eigenvalue weighted by molar-refractivity contribution is 6.30. The van der Waals surface area contributed by atoms with Gasteiger partial charge in [-0.15, -0.1) is 0 Å². The SMILES string of the molecule is CN(Cc1c(C2CC2)cc(Cl)c(=O)n1CCc1ccc(C(=O)O)cc1)c1cccc(C(F)(F)F)c1. The molecule has 1 aromatic heterocycles. The zero-order chi connectivity index (χ0) is 25.3. The first-order chi connectivity index (χ1) is 16.5. The van der Waals surface area contributed by atoms with Crippen molar-refractivity contribution >= 4 is 23.3 Å². The van der Waals surface area contributed by atoms with Crippen LogP contribution in [0.5, 0.6) is 0 Å². The fourth-order valence-corrected chi connectivity index (χ4v) is 4.36. The first-order valence-electron chi connectivity index (χ1n) is 11.2. The van der Waals surface area contributed by atoms with Crippen LogP contribution in [0.1, 0.15) is 51.5 Å². The monoisotopic (exact) mass is 504 g/mol. The average molecular weight is 505 g/mol. The number of pyridine rings is 1. The van der Waals surface area contributed by atoms with E-state index in [1.54, 1.807) is 40.8 Å². The van der Waals surface area contributed by atoms with Gasteiger partial charge in [-0.2, -0.15) is 13.2 Å². The molecule has 4 rings (SSSR count). The van der Waals surface area contributed by atoms with Gasteiger partial charge in [0.05, 0.1) is 17.7 Å². The summed E-state index contributed by atoms with van der Waals surface area (Å²) in [6, 6.07) is 13.2. The molecule has 1 heterocycles. The van der Waals surface area contributed by atoms with E-state index in [2.05, 4.69) is 0 Å². The number of nitrogens with zero attached hydrogens (tertiary/aromatic N) is 2. The van der Waals surface area contributed by atoms with Crippen LogP contribution >= 0.6 is 11.6 Å². The third-order valence-electron chi connectivity index (χ3n) is 6.23. The van der Waals surface area contributed by atoms with Gasteiger partial charge in [-0.25, -0.2) is 4.79 Å². The lowest BCUT2D eigenvalue weighted by atomic mass is 10.1. The molecule has 9 heteroatoms. The van der Waals surface area contributed by atoms with Crippen LogP contribution in [0.25, 0.3) is 0 Å². The smallest absolute Gasteiger partial charge is 0.416 e. The van der Waals surface area contributed by atoms with Gasteiger partial charge < -0.3 is 14.6 Å². The molecule has 3 aromatic rings. The van der Waals surface area contributed by atoms with Gasteiger partial charge in [0.1, 0.15) is 5.02 Å². The summed E-state index contributed by atoms with van der Waals surface area (Å²) < 4.78 is 41.3. The third-order valence-corrected chi connectivity index (χ3v) is 6.50. The number of carbonyl (C=O) groups is 1. The first-order valence-corrected chi connectivity index (χ1v) is 11.5. The number of hydrogen-bond acceptors (Lipinski definition) is 3. The topological polar surface area (TPSA) is 62.5 Å². The number of hydrogen-bond donors (Lipinski definition) is 1. The van der Waals surface area contributed by atoms with Crippen molar-refractivity contribution in [1.29, 1.82) is 0 Å². The highest BCUT2D eigenvalue weighted by Crippen LogP contribution is 2.42. The van der Waals surface area contributed by atoms with Crippen LogP contribution in [0.15, 0.2) is 59.4 Å². The van der Waals surface area contributed by atoms with Crippen molar-refractivity contribution in [3.63, 3.8) is 0 Å². The van der Waals surface area contributed by atoms with Crippen LogP contribution < -0.4 is 10.5 Å². The van der Waals surface area contributed by atoms with Gasteiger partial charge in [0.25, 0.3) is 5.56 Å². The molecule has 1 fully saturated rings. The Labute approximate surface area is 205 Å². The molecular weight excluding hydrogens is 481 g/mol. The number of aromatic carboxylic acids is 1. The lowest BCUT2D eigenvalue weighted by molar-refractivity contribution is -0.137. The van der Waals surface area contributed by atoms with Crippen molar-refractivity contribution in [2.24, 2.45) is 0 Å². The van der Waals surface area contributed by atoms with Gasteiger partial charge in [-0.05, 0) is 72.7 Å². The van der Waals surface area contributed by atoms with E-state index in [0.29, 0.717) is 18.7 Å². The molecule has 0 radical (unpaired) electrons. The van der Waals surface area contributed by atoms with Crippen molar-refractivity contribution in [3.05, 3.63) is 97.9 Å². The predicted molar refractivity (Wildman–Crippen MR) is 128 cm³/mol. The molecular formula is C26H24ClF3N2O3. The third kappa shape index (κ3) is 5.70. The van der Waals surface area contributed by atoms with Crippen molar-refractivity contribution in [2.75, 3.05) is 11.9 Å². The van der Waals surface area contributed by atoms with Gasteiger partial charge in [0.15, 0.2) is 0 Å². The normalized spacial score (nSPS) is 13.6. The van der Waals surface area contributed by atoms with Crippen LogP contribution in [-0.2, 0) is 25.7 Å². The summed E-state index contributed by atoms with van der Waals surface area (Å²) in [4.78, 5) is 25.8. The Bertz CT molecular complexity index is 1300. The van der Waals surface area contributed by atoms with Crippen LogP contribution in [0.2, 0.25) is 5.02 Å². The van der Waals surface area contributed by atoms with E-state index in [9.17, 15) is 22.8 Å². The number of aromatic nitrogens is 1. The quantitative estimate of drug-likeness (QED) is 0.410. The highest BCUT2D eigenvalue weighted by atomic mass is 35.5. The number of halogens is 4. The summed E-state index contributed by atoms with van der Waals surface area (Å²) in [5.41, 5.74) is 1.99. The van der Waals surface area contributed by atoms with Crippen LogP contribution in [0.4, 0.5) is 18.9 Å². The average Bonchev–Trinajstić information content (AvgIpc) is 3.66. The Morgan fingerprint density at radius 1 is 1.14 bits per heavy atom. The molecule has 0 bridgehead atoms. The molecule has 0 unspecified atom stereocenters. The van der Waals surface area contributed by atoms with Gasteiger partial charge in [-0.1, -0.05) is 29.8 Å². The summed E-state index contributed by atoms with van der Waals surface area (Å²) >= 11 is 6.29. The van der Waals surface area contributed by atoms with Crippen molar-refractivity contribution in [1.82, 2.24) is 4.57 Å². The van der Waals surface area contributed by atoms with Gasteiger partial charge in [-0.3, -0.25) is 4.79 Å². The Morgan fingerprint density at radius 2 is 1.83 bits per heavy atom. The van der Waals surface area contributed by atoms with E-state index < -0.39 is 17.7 Å². The number of alkyl halides is 3. The lowest BCUT2D eigenvalue weighted by Gasteiger charge is -2.25.